The highest BCUT2D eigenvalue weighted by atomic mass is 16.6. The van der Waals surface area contributed by atoms with Crippen LogP contribution in [0.15, 0.2) is 36.7 Å². The summed E-state index contributed by atoms with van der Waals surface area (Å²) in [5.41, 5.74) is 0.611. The highest BCUT2D eigenvalue weighted by molar-refractivity contribution is 5.75. The van der Waals surface area contributed by atoms with Crippen molar-refractivity contribution in [2.75, 3.05) is 36.5 Å². The zero-order chi connectivity index (χ0) is 16.8. The molecule has 0 aliphatic rings. The van der Waals surface area contributed by atoms with E-state index in [2.05, 4.69) is 9.97 Å². The van der Waals surface area contributed by atoms with Crippen molar-refractivity contribution in [3.63, 3.8) is 0 Å². The molecule has 0 aliphatic heterocycles. The molecule has 8 nitrogen and oxygen atoms in total. The van der Waals surface area contributed by atoms with Gasteiger partial charge in [0.15, 0.2) is 0 Å². The number of aliphatic hydroxyl groups is 1. The average molecular weight is 317 g/mol. The number of aromatic nitrogens is 2. The number of hydrogen-bond donors (Lipinski definition) is 1. The molecule has 0 saturated carbocycles. The standard InChI is InChI=1S/C15H19N5O3/c1-3-19(9-10-21)15-13(20(22)23)14(16-11-17-15)18(2)12-7-5-4-6-8-12/h4-8,11,21H,3,9-10H2,1-2H3. The molecule has 23 heavy (non-hydrogen) atoms. The maximum atomic E-state index is 11.6. The molecule has 2 rings (SSSR count). The monoisotopic (exact) mass is 317 g/mol. The molecular weight excluding hydrogens is 298 g/mol. The lowest BCUT2D eigenvalue weighted by Gasteiger charge is -2.23. The molecule has 2 aromatic rings. The fraction of sp³-hybridized carbons (Fsp3) is 0.333. The van der Waals surface area contributed by atoms with Crippen LogP contribution in [0.25, 0.3) is 0 Å². The number of aliphatic hydroxyl groups excluding tert-OH is 1. The molecule has 0 unspecified atom stereocenters. The number of para-hydroxylation sites is 1. The van der Waals surface area contributed by atoms with Crippen molar-refractivity contribution in [2.45, 2.75) is 6.92 Å². The SMILES string of the molecule is CCN(CCO)c1ncnc(N(C)c2ccccc2)c1[N+](=O)[O-]. The number of hydrogen-bond acceptors (Lipinski definition) is 7. The molecule has 1 heterocycles. The van der Waals surface area contributed by atoms with Gasteiger partial charge in [0.1, 0.15) is 6.33 Å². The van der Waals surface area contributed by atoms with Crippen LogP contribution in [-0.2, 0) is 0 Å². The van der Waals surface area contributed by atoms with E-state index in [1.54, 1.807) is 16.8 Å². The van der Waals surface area contributed by atoms with Crippen LogP contribution in [-0.4, -0.2) is 46.7 Å². The van der Waals surface area contributed by atoms with Gasteiger partial charge in [0.25, 0.3) is 0 Å². The third kappa shape index (κ3) is 3.54. The molecule has 1 aromatic heterocycles. The first-order chi connectivity index (χ1) is 11.1. The van der Waals surface area contributed by atoms with E-state index in [-0.39, 0.29) is 30.5 Å². The minimum absolute atomic E-state index is 0.112. The van der Waals surface area contributed by atoms with E-state index in [1.165, 1.54) is 6.33 Å². The molecule has 1 N–H and O–H groups in total. The van der Waals surface area contributed by atoms with Crippen LogP contribution in [0.2, 0.25) is 0 Å². The molecule has 8 heteroatoms. The second-order valence-electron chi connectivity index (χ2n) is 4.82. The average Bonchev–Trinajstić information content (AvgIpc) is 2.59. The summed E-state index contributed by atoms with van der Waals surface area (Å²) in [6, 6.07) is 9.26. The Bertz CT molecular complexity index is 665. The number of anilines is 3. The normalized spacial score (nSPS) is 10.4. The van der Waals surface area contributed by atoms with Crippen molar-refractivity contribution in [2.24, 2.45) is 0 Å². The molecule has 0 bridgehead atoms. The Labute approximate surface area is 134 Å². The fourth-order valence-corrected chi connectivity index (χ4v) is 2.31. The van der Waals surface area contributed by atoms with E-state index in [0.717, 1.165) is 5.69 Å². The van der Waals surface area contributed by atoms with Crippen molar-refractivity contribution < 1.29 is 10.0 Å². The molecular formula is C15H19N5O3. The topological polar surface area (TPSA) is 95.6 Å². The minimum atomic E-state index is -0.482. The van der Waals surface area contributed by atoms with Gasteiger partial charge in [-0.15, -0.1) is 0 Å². The predicted molar refractivity (Wildman–Crippen MR) is 88.2 cm³/mol. The van der Waals surface area contributed by atoms with Crippen LogP contribution in [0.4, 0.5) is 23.0 Å². The quantitative estimate of drug-likeness (QED) is 0.616. The Hall–Kier alpha value is -2.74. The van der Waals surface area contributed by atoms with Crippen molar-refractivity contribution in [3.05, 3.63) is 46.8 Å². The zero-order valence-electron chi connectivity index (χ0n) is 13.1. The summed E-state index contributed by atoms with van der Waals surface area (Å²) in [6.45, 7) is 2.50. The number of rotatable bonds is 7. The molecule has 122 valence electrons. The van der Waals surface area contributed by atoms with Gasteiger partial charge in [0, 0.05) is 25.8 Å². The van der Waals surface area contributed by atoms with Crippen LogP contribution in [0.5, 0.6) is 0 Å². The predicted octanol–water partition coefficient (Wildman–Crippen LogP) is 1.97. The second-order valence-corrected chi connectivity index (χ2v) is 4.82. The molecule has 0 saturated heterocycles. The molecule has 0 spiro atoms. The summed E-state index contributed by atoms with van der Waals surface area (Å²) < 4.78 is 0. The molecule has 0 fully saturated rings. The number of nitro groups is 1. The first-order valence-electron chi connectivity index (χ1n) is 7.24. The van der Waals surface area contributed by atoms with Crippen LogP contribution >= 0.6 is 0 Å². The van der Waals surface area contributed by atoms with Gasteiger partial charge in [-0.05, 0) is 19.1 Å². The summed E-state index contributed by atoms with van der Waals surface area (Å²) in [6.07, 6.45) is 1.30. The van der Waals surface area contributed by atoms with Crippen LogP contribution in [0.3, 0.4) is 0 Å². The Balaban J connectivity index is 2.54. The Kier molecular flexibility index (Phi) is 5.42. The van der Waals surface area contributed by atoms with Crippen molar-refractivity contribution in [1.29, 1.82) is 0 Å². The number of nitrogens with zero attached hydrogens (tertiary/aromatic N) is 5. The molecule has 0 atom stereocenters. The third-order valence-electron chi connectivity index (χ3n) is 3.48. The smallest absolute Gasteiger partial charge is 0.353 e. The maximum Gasteiger partial charge on any atom is 0.353 e. The minimum Gasteiger partial charge on any atom is -0.395 e. The summed E-state index contributed by atoms with van der Waals surface area (Å²) in [5.74, 6) is 0.418. The van der Waals surface area contributed by atoms with Gasteiger partial charge in [0.2, 0.25) is 11.6 Å². The van der Waals surface area contributed by atoms with E-state index in [9.17, 15) is 10.1 Å². The second kappa shape index (κ2) is 7.50. The van der Waals surface area contributed by atoms with E-state index >= 15 is 0 Å². The summed E-state index contributed by atoms with van der Waals surface area (Å²) in [4.78, 5) is 22.6. The van der Waals surface area contributed by atoms with Gasteiger partial charge < -0.3 is 14.9 Å². The summed E-state index contributed by atoms with van der Waals surface area (Å²) in [7, 11) is 1.72. The largest absolute Gasteiger partial charge is 0.395 e. The number of likely N-dealkylation sites (N-methyl/N-ethyl adjacent to an activating group) is 1. The molecule has 0 radical (unpaired) electrons. The lowest BCUT2D eigenvalue weighted by atomic mass is 10.3. The lowest BCUT2D eigenvalue weighted by molar-refractivity contribution is -0.383. The highest BCUT2D eigenvalue weighted by Gasteiger charge is 2.28. The van der Waals surface area contributed by atoms with Gasteiger partial charge in [-0.2, -0.15) is 0 Å². The molecule has 0 amide bonds. The van der Waals surface area contributed by atoms with Gasteiger partial charge >= 0.3 is 5.69 Å². The molecule has 1 aromatic carbocycles. The van der Waals surface area contributed by atoms with Gasteiger partial charge in [0.05, 0.1) is 11.5 Å². The van der Waals surface area contributed by atoms with Crippen LogP contribution in [0, 0.1) is 10.1 Å². The number of benzene rings is 1. The Morgan fingerprint density at radius 2 is 1.87 bits per heavy atom. The highest BCUT2D eigenvalue weighted by Crippen LogP contribution is 2.36. The third-order valence-corrected chi connectivity index (χ3v) is 3.48. The van der Waals surface area contributed by atoms with E-state index in [0.29, 0.717) is 6.54 Å². The maximum absolute atomic E-state index is 11.6. The van der Waals surface area contributed by atoms with Crippen LogP contribution < -0.4 is 9.80 Å². The molecule has 0 aliphatic carbocycles. The Morgan fingerprint density at radius 1 is 1.22 bits per heavy atom. The van der Waals surface area contributed by atoms with Crippen molar-refractivity contribution in [1.82, 2.24) is 9.97 Å². The lowest BCUT2D eigenvalue weighted by Crippen LogP contribution is -2.28. The Morgan fingerprint density at radius 3 is 2.43 bits per heavy atom. The first-order valence-corrected chi connectivity index (χ1v) is 7.24. The van der Waals surface area contributed by atoms with Gasteiger partial charge in [-0.25, -0.2) is 9.97 Å². The van der Waals surface area contributed by atoms with Crippen LogP contribution in [0.1, 0.15) is 6.92 Å². The first kappa shape index (κ1) is 16.6. The zero-order valence-corrected chi connectivity index (χ0v) is 13.1. The van der Waals surface area contributed by atoms with Crippen molar-refractivity contribution >= 4 is 23.0 Å². The van der Waals surface area contributed by atoms with E-state index in [4.69, 9.17) is 5.11 Å². The van der Waals surface area contributed by atoms with E-state index < -0.39 is 4.92 Å². The van der Waals surface area contributed by atoms with Crippen molar-refractivity contribution in [3.8, 4) is 0 Å². The van der Waals surface area contributed by atoms with Gasteiger partial charge in [-0.3, -0.25) is 10.1 Å². The fourth-order valence-electron chi connectivity index (χ4n) is 2.31. The summed E-state index contributed by atoms with van der Waals surface area (Å²) >= 11 is 0. The summed E-state index contributed by atoms with van der Waals surface area (Å²) in [5, 5.41) is 20.8. The van der Waals surface area contributed by atoms with E-state index in [1.807, 2.05) is 37.3 Å². The van der Waals surface area contributed by atoms with Gasteiger partial charge in [-0.1, -0.05) is 18.2 Å².